The molecule has 1 saturated heterocycles. The zero-order valence-corrected chi connectivity index (χ0v) is 8.45. The van der Waals surface area contributed by atoms with Gasteiger partial charge in [-0.25, -0.2) is 4.79 Å². The monoisotopic (exact) mass is 201 g/mol. The van der Waals surface area contributed by atoms with Crippen LogP contribution in [0.15, 0.2) is 0 Å². The lowest BCUT2D eigenvalue weighted by molar-refractivity contribution is 0.0868. The Balaban J connectivity index is 2.19. The third-order valence-corrected chi connectivity index (χ3v) is 2.46. The zero-order chi connectivity index (χ0) is 10.4. The van der Waals surface area contributed by atoms with Crippen LogP contribution in [0, 0.1) is 0 Å². The average molecular weight is 201 g/mol. The Morgan fingerprint density at radius 1 is 1.57 bits per heavy atom. The summed E-state index contributed by atoms with van der Waals surface area (Å²) in [5.74, 6) is 0. The van der Waals surface area contributed by atoms with E-state index in [9.17, 15) is 4.79 Å². The highest BCUT2D eigenvalue weighted by atomic mass is 16.5. The summed E-state index contributed by atoms with van der Waals surface area (Å²) in [7, 11) is 0. The van der Waals surface area contributed by atoms with Gasteiger partial charge in [0.25, 0.3) is 0 Å². The van der Waals surface area contributed by atoms with Crippen LogP contribution in [0.25, 0.3) is 0 Å². The molecule has 0 aromatic heterocycles. The van der Waals surface area contributed by atoms with Gasteiger partial charge in [0.05, 0.1) is 12.6 Å². The summed E-state index contributed by atoms with van der Waals surface area (Å²) in [6, 6.07) is -0.166. The highest BCUT2D eigenvalue weighted by Gasteiger charge is 2.26. The predicted octanol–water partition coefficient (Wildman–Crippen LogP) is -0.105. The molecule has 1 heterocycles. The van der Waals surface area contributed by atoms with Gasteiger partial charge in [0.1, 0.15) is 0 Å². The summed E-state index contributed by atoms with van der Waals surface area (Å²) in [6.45, 7) is 2.66. The first-order valence-electron chi connectivity index (χ1n) is 5.09. The molecule has 5 nitrogen and oxygen atoms in total. The summed E-state index contributed by atoms with van der Waals surface area (Å²) >= 11 is 0. The summed E-state index contributed by atoms with van der Waals surface area (Å²) in [4.78, 5) is 12.7. The standard InChI is InChI=1S/C9H19N3O2/c10-4-2-6-14-7-8-3-1-5-12(8)9(11)13/h8H,1-7,10H2,(H2,11,13). The molecule has 1 aliphatic rings. The number of rotatable bonds is 5. The Kier molecular flexibility index (Phi) is 4.69. The predicted molar refractivity (Wildman–Crippen MR) is 53.8 cm³/mol. The Morgan fingerprint density at radius 2 is 2.36 bits per heavy atom. The lowest BCUT2D eigenvalue weighted by atomic mass is 10.2. The van der Waals surface area contributed by atoms with Gasteiger partial charge in [-0.2, -0.15) is 0 Å². The van der Waals surface area contributed by atoms with Gasteiger partial charge in [0, 0.05) is 13.2 Å². The molecule has 0 aliphatic carbocycles. The largest absolute Gasteiger partial charge is 0.379 e. The maximum absolute atomic E-state index is 11.0. The minimum absolute atomic E-state index is 0.172. The van der Waals surface area contributed by atoms with Crippen molar-refractivity contribution in [2.24, 2.45) is 11.5 Å². The molecule has 82 valence electrons. The van der Waals surface area contributed by atoms with Crippen LogP contribution in [0.2, 0.25) is 0 Å². The number of likely N-dealkylation sites (tertiary alicyclic amines) is 1. The molecule has 2 amide bonds. The number of nitrogens with two attached hydrogens (primary N) is 2. The molecule has 0 bridgehead atoms. The highest BCUT2D eigenvalue weighted by Crippen LogP contribution is 2.16. The lowest BCUT2D eigenvalue weighted by Gasteiger charge is -2.22. The molecular formula is C9H19N3O2. The molecule has 1 unspecified atom stereocenters. The van der Waals surface area contributed by atoms with Crippen molar-refractivity contribution in [3.05, 3.63) is 0 Å². The van der Waals surface area contributed by atoms with Gasteiger partial charge in [-0.3, -0.25) is 0 Å². The first kappa shape index (κ1) is 11.3. The van der Waals surface area contributed by atoms with Crippen molar-refractivity contribution >= 4 is 6.03 Å². The van der Waals surface area contributed by atoms with E-state index in [0.29, 0.717) is 19.8 Å². The SMILES string of the molecule is NCCCOCC1CCCN1C(N)=O. The number of hydrogen-bond acceptors (Lipinski definition) is 3. The van der Waals surface area contributed by atoms with E-state index in [0.717, 1.165) is 25.8 Å². The lowest BCUT2D eigenvalue weighted by Crippen LogP contribution is -2.41. The number of hydrogen-bond donors (Lipinski definition) is 2. The zero-order valence-electron chi connectivity index (χ0n) is 8.45. The van der Waals surface area contributed by atoms with Crippen molar-refractivity contribution in [3.8, 4) is 0 Å². The second kappa shape index (κ2) is 5.82. The Morgan fingerprint density at radius 3 is 3.00 bits per heavy atom. The smallest absolute Gasteiger partial charge is 0.315 e. The molecule has 14 heavy (non-hydrogen) atoms. The van der Waals surface area contributed by atoms with Crippen LogP contribution in [0.5, 0.6) is 0 Å². The van der Waals surface area contributed by atoms with E-state index in [-0.39, 0.29) is 12.1 Å². The van der Waals surface area contributed by atoms with Crippen LogP contribution in [-0.2, 0) is 4.74 Å². The molecule has 1 atom stereocenters. The molecule has 0 aromatic carbocycles. The quantitative estimate of drug-likeness (QED) is 0.609. The summed E-state index contributed by atoms with van der Waals surface area (Å²) in [5, 5.41) is 0. The fourth-order valence-corrected chi connectivity index (χ4v) is 1.70. The fourth-order valence-electron chi connectivity index (χ4n) is 1.70. The van der Waals surface area contributed by atoms with E-state index in [1.54, 1.807) is 4.90 Å². The molecular weight excluding hydrogens is 182 g/mol. The van der Waals surface area contributed by atoms with Crippen LogP contribution in [0.1, 0.15) is 19.3 Å². The first-order chi connectivity index (χ1) is 6.75. The van der Waals surface area contributed by atoms with Gasteiger partial charge >= 0.3 is 6.03 Å². The maximum Gasteiger partial charge on any atom is 0.315 e. The molecule has 0 radical (unpaired) electrons. The van der Waals surface area contributed by atoms with Gasteiger partial charge in [-0.15, -0.1) is 0 Å². The van der Waals surface area contributed by atoms with Crippen LogP contribution in [0.4, 0.5) is 4.79 Å². The van der Waals surface area contributed by atoms with Gasteiger partial charge in [-0.1, -0.05) is 0 Å². The average Bonchev–Trinajstić information content (AvgIpc) is 2.60. The number of urea groups is 1. The Bertz CT molecular complexity index is 187. The Labute approximate surface area is 84.4 Å². The van der Waals surface area contributed by atoms with Crippen molar-refractivity contribution < 1.29 is 9.53 Å². The van der Waals surface area contributed by atoms with E-state index >= 15 is 0 Å². The number of primary amides is 1. The van der Waals surface area contributed by atoms with E-state index in [1.807, 2.05) is 0 Å². The van der Waals surface area contributed by atoms with Gasteiger partial charge in [0.15, 0.2) is 0 Å². The van der Waals surface area contributed by atoms with E-state index in [2.05, 4.69) is 0 Å². The van der Waals surface area contributed by atoms with Crippen molar-refractivity contribution in [3.63, 3.8) is 0 Å². The summed E-state index contributed by atoms with van der Waals surface area (Å²) in [5.41, 5.74) is 10.6. The van der Waals surface area contributed by atoms with Gasteiger partial charge < -0.3 is 21.1 Å². The normalized spacial score (nSPS) is 21.5. The maximum atomic E-state index is 11.0. The molecule has 4 N–H and O–H groups in total. The van der Waals surface area contributed by atoms with E-state index < -0.39 is 0 Å². The van der Waals surface area contributed by atoms with Crippen molar-refractivity contribution in [2.75, 3.05) is 26.3 Å². The topological polar surface area (TPSA) is 81.6 Å². The van der Waals surface area contributed by atoms with Crippen molar-refractivity contribution in [2.45, 2.75) is 25.3 Å². The van der Waals surface area contributed by atoms with Crippen molar-refractivity contribution in [1.82, 2.24) is 4.90 Å². The van der Waals surface area contributed by atoms with Crippen LogP contribution in [-0.4, -0.2) is 43.3 Å². The minimum Gasteiger partial charge on any atom is -0.379 e. The molecule has 1 aliphatic heterocycles. The van der Waals surface area contributed by atoms with E-state index in [1.165, 1.54) is 0 Å². The minimum atomic E-state index is -0.338. The molecule has 5 heteroatoms. The molecule has 1 rings (SSSR count). The van der Waals surface area contributed by atoms with E-state index in [4.69, 9.17) is 16.2 Å². The first-order valence-corrected chi connectivity index (χ1v) is 5.09. The van der Waals surface area contributed by atoms with Crippen molar-refractivity contribution in [1.29, 1.82) is 0 Å². The molecule has 1 fully saturated rings. The number of ether oxygens (including phenoxy) is 1. The van der Waals surface area contributed by atoms with Crippen LogP contribution in [0.3, 0.4) is 0 Å². The Hall–Kier alpha value is -0.810. The second-order valence-corrected chi connectivity index (χ2v) is 3.54. The molecule has 0 spiro atoms. The number of amides is 2. The third-order valence-electron chi connectivity index (χ3n) is 2.46. The van der Waals surface area contributed by atoms with Gasteiger partial charge in [0.2, 0.25) is 0 Å². The molecule has 0 aromatic rings. The van der Waals surface area contributed by atoms with Crippen LogP contribution >= 0.6 is 0 Å². The summed E-state index contributed by atoms with van der Waals surface area (Å²) < 4.78 is 5.41. The number of carbonyl (C=O) groups is 1. The van der Waals surface area contributed by atoms with Gasteiger partial charge in [-0.05, 0) is 25.8 Å². The highest BCUT2D eigenvalue weighted by molar-refractivity contribution is 5.72. The van der Waals surface area contributed by atoms with Crippen LogP contribution < -0.4 is 11.5 Å². The number of carbonyl (C=O) groups excluding carboxylic acids is 1. The summed E-state index contributed by atoms with van der Waals surface area (Å²) in [6.07, 6.45) is 2.88. The second-order valence-electron chi connectivity index (χ2n) is 3.54. The molecule has 0 saturated carbocycles. The fraction of sp³-hybridized carbons (Fsp3) is 0.889. The third kappa shape index (κ3) is 3.16. The number of nitrogens with zero attached hydrogens (tertiary/aromatic N) is 1.